The summed E-state index contributed by atoms with van der Waals surface area (Å²) in [5.74, 6) is 1.76. The molecule has 1 aliphatic heterocycles. The second-order valence-electron chi connectivity index (χ2n) is 5.22. The molecule has 3 rings (SSSR count). The number of morpholine rings is 1. The van der Waals surface area contributed by atoms with Gasteiger partial charge in [0.05, 0.1) is 19.9 Å². The van der Waals surface area contributed by atoms with Crippen LogP contribution in [0.4, 0.5) is 11.9 Å². The minimum absolute atomic E-state index is 0.546. The van der Waals surface area contributed by atoms with Crippen molar-refractivity contribution in [3.63, 3.8) is 0 Å². The Morgan fingerprint density at radius 2 is 1.87 bits per heavy atom. The van der Waals surface area contributed by atoms with Gasteiger partial charge in [-0.1, -0.05) is 0 Å². The molecule has 0 radical (unpaired) electrons. The van der Waals surface area contributed by atoms with Crippen molar-refractivity contribution in [1.29, 1.82) is 0 Å². The molecule has 0 bridgehead atoms. The van der Waals surface area contributed by atoms with Crippen molar-refractivity contribution in [3.8, 4) is 0 Å². The van der Waals surface area contributed by atoms with E-state index in [-0.39, 0.29) is 0 Å². The molecule has 3 heterocycles. The first-order chi connectivity index (χ1) is 11.2. The first-order valence-corrected chi connectivity index (χ1v) is 8.29. The summed E-state index contributed by atoms with van der Waals surface area (Å²) >= 11 is 5.57. The van der Waals surface area contributed by atoms with Gasteiger partial charge in [-0.25, -0.2) is 9.08 Å². The lowest BCUT2D eigenvalue weighted by Gasteiger charge is -2.25. The highest BCUT2D eigenvalue weighted by Gasteiger charge is 2.16. The maximum absolute atomic E-state index is 5.57. The predicted octanol–water partition coefficient (Wildman–Crippen LogP) is 0.809. The third-order valence-corrected chi connectivity index (χ3v) is 3.95. The van der Waals surface area contributed by atoms with Gasteiger partial charge < -0.3 is 15.4 Å². The summed E-state index contributed by atoms with van der Waals surface area (Å²) in [5, 5.41) is 10.9. The molecule has 1 saturated heterocycles. The van der Waals surface area contributed by atoms with Crippen molar-refractivity contribution >= 4 is 29.9 Å². The molecule has 126 valence electrons. The standard InChI is InChI=1S/C13H22N8OS/c1-3-14-10-16-11(15-4-2)21-12(17-10)18-20(13(21)23)9-19-5-7-22-8-6-19/h3-9H2,1-2H3,(H2,14,15,16,17,18). The molecular weight excluding hydrogens is 316 g/mol. The number of aromatic nitrogens is 5. The summed E-state index contributed by atoms with van der Waals surface area (Å²) < 4.78 is 9.54. The number of nitrogens with one attached hydrogen (secondary N) is 2. The van der Waals surface area contributed by atoms with E-state index in [2.05, 4.69) is 30.6 Å². The highest BCUT2D eigenvalue weighted by molar-refractivity contribution is 7.71. The second-order valence-corrected chi connectivity index (χ2v) is 5.59. The largest absolute Gasteiger partial charge is 0.379 e. The molecule has 2 aromatic heterocycles. The van der Waals surface area contributed by atoms with Gasteiger partial charge in [-0.2, -0.15) is 9.97 Å². The minimum Gasteiger partial charge on any atom is -0.379 e. The molecule has 0 unspecified atom stereocenters. The van der Waals surface area contributed by atoms with Crippen LogP contribution in [0.1, 0.15) is 13.8 Å². The van der Waals surface area contributed by atoms with Crippen molar-refractivity contribution in [1.82, 2.24) is 29.0 Å². The second kappa shape index (κ2) is 7.20. The van der Waals surface area contributed by atoms with Gasteiger partial charge in [0.15, 0.2) is 0 Å². The van der Waals surface area contributed by atoms with E-state index >= 15 is 0 Å². The van der Waals surface area contributed by atoms with E-state index < -0.39 is 0 Å². The molecule has 1 aliphatic rings. The molecular formula is C13H22N8OS. The smallest absolute Gasteiger partial charge is 0.259 e. The zero-order valence-corrected chi connectivity index (χ0v) is 14.3. The number of rotatable bonds is 6. The Morgan fingerprint density at radius 3 is 2.57 bits per heavy atom. The summed E-state index contributed by atoms with van der Waals surface area (Å²) in [6.07, 6.45) is 0. The molecule has 23 heavy (non-hydrogen) atoms. The monoisotopic (exact) mass is 338 g/mol. The van der Waals surface area contributed by atoms with Gasteiger partial charge in [-0.15, -0.1) is 5.10 Å². The van der Waals surface area contributed by atoms with E-state index in [9.17, 15) is 0 Å². The van der Waals surface area contributed by atoms with Crippen LogP contribution in [0, 0.1) is 4.77 Å². The molecule has 2 aromatic rings. The highest BCUT2D eigenvalue weighted by Crippen LogP contribution is 2.13. The van der Waals surface area contributed by atoms with Gasteiger partial charge in [-0.05, 0) is 26.1 Å². The highest BCUT2D eigenvalue weighted by atomic mass is 32.1. The minimum atomic E-state index is 0.546. The summed E-state index contributed by atoms with van der Waals surface area (Å²) in [5.41, 5.74) is 0. The lowest BCUT2D eigenvalue weighted by Crippen LogP contribution is -2.37. The summed E-state index contributed by atoms with van der Waals surface area (Å²) in [6, 6.07) is 0. The maximum Gasteiger partial charge on any atom is 0.259 e. The zero-order chi connectivity index (χ0) is 16.2. The lowest BCUT2D eigenvalue weighted by molar-refractivity contribution is 0.0210. The van der Waals surface area contributed by atoms with Crippen LogP contribution < -0.4 is 10.6 Å². The maximum atomic E-state index is 5.57. The number of ether oxygens (including phenoxy) is 1. The third-order valence-electron chi connectivity index (χ3n) is 3.56. The van der Waals surface area contributed by atoms with Gasteiger partial charge >= 0.3 is 0 Å². The molecule has 1 fully saturated rings. The Bertz CT molecular complexity index is 721. The van der Waals surface area contributed by atoms with E-state index in [0.717, 1.165) is 39.4 Å². The molecule has 0 amide bonds. The van der Waals surface area contributed by atoms with E-state index in [1.165, 1.54) is 0 Å². The van der Waals surface area contributed by atoms with E-state index in [4.69, 9.17) is 17.0 Å². The van der Waals surface area contributed by atoms with Gasteiger partial charge in [0.25, 0.3) is 5.78 Å². The first kappa shape index (κ1) is 16.1. The predicted molar refractivity (Wildman–Crippen MR) is 90.3 cm³/mol. The molecule has 9 nitrogen and oxygen atoms in total. The van der Waals surface area contributed by atoms with Crippen LogP contribution in [-0.4, -0.2) is 68.4 Å². The molecule has 2 N–H and O–H groups in total. The van der Waals surface area contributed by atoms with Crippen LogP contribution >= 0.6 is 12.2 Å². The van der Waals surface area contributed by atoms with Gasteiger partial charge in [-0.3, -0.25) is 4.90 Å². The van der Waals surface area contributed by atoms with E-state index in [1.54, 1.807) is 9.08 Å². The molecule has 0 aromatic carbocycles. The summed E-state index contributed by atoms with van der Waals surface area (Å²) in [7, 11) is 0. The van der Waals surface area contributed by atoms with Crippen LogP contribution in [0.5, 0.6) is 0 Å². The van der Waals surface area contributed by atoms with Crippen LogP contribution in [0.25, 0.3) is 5.78 Å². The third kappa shape index (κ3) is 3.43. The molecule has 0 aliphatic carbocycles. The van der Waals surface area contributed by atoms with Gasteiger partial charge in [0.2, 0.25) is 16.7 Å². The fourth-order valence-electron chi connectivity index (χ4n) is 2.46. The van der Waals surface area contributed by atoms with Crippen molar-refractivity contribution in [2.24, 2.45) is 0 Å². The lowest BCUT2D eigenvalue weighted by atomic mass is 10.4. The number of nitrogens with zero attached hydrogens (tertiary/aromatic N) is 6. The fraction of sp³-hybridized carbons (Fsp3) is 0.692. The Balaban J connectivity index is 1.98. The van der Waals surface area contributed by atoms with Gasteiger partial charge in [0, 0.05) is 26.2 Å². The molecule has 0 spiro atoms. The molecule has 10 heteroatoms. The van der Waals surface area contributed by atoms with Crippen LogP contribution in [0.2, 0.25) is 0 Å². The average molecular weight is 338 g/mol. The Labute approximate surface area is 139 Å². The molecule has 0 saturated carbocycles. The number of hydrogen-bond acceptors (Lipinski definition) is 8. The van der Waals surface area contributed by atoms with E-state index in [0.29, 0.717) is 29.1 Å². The van der Waals surface area contributed by atoms with E-state index in [1.807, 2.05) is 13.8 Å². The van der Waals surface area contributed by atoms with Crippen molar-refractivity contribution < 1.29 is 4.74 Å². The van der Waals surface area contributed by atoms with Crippen molar-refractivity contribution in [3.05, 3.63) is 4.77 Å². The summed E-state index contributed by atoms with van der Waals surface area (Å²) in [6.45, 7) is 9.39. The Morgan fingerprint density at radius 1 is 1.13 bits per heavy atom. The SMILES string of the molecule is CCNc1nc(NCC)n2c(=S)n(CN3CCOCC3)nc2n1. The van der Waals surface area contributed by atoms with Crippen LogP contribution in [-0.2, 0) is 11.4 Å². The Hall–Kier alpha value is -1.78. The Kier molecular flexibility index (Phi) is 5.03. The topological polar surface area (TPSA) is 84.5 Å². The van der Waals surface area contributed by atoms with Gasteiger partial charge in [0.1, 0.15) is 0 Å². The number of anilines is 2. The summed E-state index contributed by atoms with van der Waals surface area (Å²) in [4.78, 5) is 11.2. The normalized spacial score (nSPS) is 15.9. The van der Waals surface area contributed by atoms with Crippen molar-refractivity contribution in [2.75, 3.05) is 50.0 Å². The quantitative estimate of drug-likeness (QED) is 0.749. The molecule has 0 atom stereocenters. The fourth-order valence-corrected chi connectivity index (χ4v) is 2.73. The zero-order valence-electron chi connectivity index (χ0n) is 13.4. The van der Waals surface area contributed by atoms with Crippen LogP contribution in [0.3, 0.4) is 0 Å². The average Bonchev–Trinajstić information content (AvgIpc) is 2.85. The number of fused-ring (bicyclic) bond motifs is 1. The number of hydrogen-bond donors (Lipinski definition) is 2. The first-order valence-electron chi connectivity index (χ1n) is 7.88. The van der Waals surface area contributed by atoms with Crippen LogP contribution in [0.15, 0.2) is 0 Å². The van der Waals surface area contributed by atoms with Crippen molar-refractivity contribution in [2.45, 2.75) is 20.5 Å².